The maximum Gasteiger partial charge on any atom is 0.407 e. The van der Waals surface area contributed by atoms with Gasteiger partial charge in [0, 0.05) is 30.9 Å². The number of hydrogen-bond acceptors (Lipinski definition) is 4. The predicted octanol–water partition coefficient (Wildman–Crippen LogP) is 1.69. The summed E-state index contributed by atoms with van der Waals surface area (Å²) in [6.07, 6.45) is 2.88. The number of carbonyl (C=O) groups excluding carboxylic acids is 1. The molecule has 0 saturated carbocycles. The summed E-state index contributed by atoms with van der Waals surface area (Å²) in [7, 11) is 1.40. The van der Waals surface area contributed by atoms with Crippen LogP contribution >= 0.6 is 0 Å². The van der Waals surface area contributed by atoms with E-state index in [1.807, 2.05) is 6.07 Å². The summed E-state index contributed by atoms with van der Waals surface area (Å²) in [5, 5.41) is 2.89. The monoisotopic (exact) mass is 275 g/mol. The zero-order chi connectivity index (χ0) is 14.1. The average molecular weight is 275 g/mol. The maximum atomic E-state index is 11.3. The Hall–Kier alpha value is -1.75. The summed E-state index contributed by atoms with van der Waals surface area (Å²) in [6.45, 7) is 1.91. The van der Waals surface area contributed by atoms with Crippen molar-refractivity contribution in [2.75, 3.05) is 25.9 Å². The smallest absolute Gasteiger partial charge is 0.407 e. The molecule has 2 unspecified atom stereocenters. The molecule has 1 fully saturated rings. The highest BCUT2D eigenvalue weighted by molar-refractivity contribution is 5.67. The van der Waals surface area contributed by atoms with Crippen LogP contribution in [0, 0.1) is 0 Å². The van der Waals surface area contributed by atoms with E-state index >= 15 is 0 Å². The Bertz CT molecular complexity index is 518. The molecule has 1 aromatic carbocycles. The number of nitrogens with zero attached hydrogens (tertiary/aromatic N) is 1. The number of methoxy groups -OCH3 is 1. The van der Waals surface area contributed by atoms with E-state index in [0.717, 1.165) is 38.0 Å². The van der Waals surface area contributed by atoms with Crippen molar-refractivity contribution in [3.05, 3.63) is 29.3 Å². The summed E-state index contributed by atoms with van der Waals surface area (Å²) >= 11 is 0. The largest absolute Gasteiger partial charge is 0.453 e. The van der Waals surface area contributed by atoms with Crippen molar-refractivity contribution < 1.29 is 9.53 Å². The molecule has 0 bridgehead atoms. The first-order valence-corrected chi connectivity index (χ1v) is 7.14. The summed E-state index contributed by atoms with van der Waals surface area (Å²) in [5.41, 5.74) is 9.47. The van der Waals surface area contributed by atoms with Crippen molar-refractivity contribution in [3.63, 3.8) is 0 Å². The average Bonchev–Trinajstić information content (AvgIpc) is 3.04. The Labute approximate surface area is 119 Å². The van der Waals surface area contributed by atoms with E-state index in [2.05, 4.69) is 27.1 Å². The van der Waals surface area contributed by atoms with Crippen LogP contribution in [0.5, 0.6) is 0 Å². The highest BCUT2D eigenvalue weighted by Crippen LogP contribution is 2.38. The molecule has 5 heteroatoms. The molecule has 0 radical (unpaired) electrons. The van der Waals surface area contributed by atoms with E-state index in [-0.39, 0.29) is 12.1 Å². The third-order valence-corrected chi connectivity index (χ3v) is 4.38. The van der Waals surface area contributed by atoms with Gasteiger partial charge in [0.1, 0.15) is 0 Å². The van der Waals surface area contributed by atoms with Crippen molar-refractivity contribution in [2.45, 2.75) is 31.3 Å². The van der Waals surface area contributed by atoms with E-state index in [4.69, 9.17) is 5.73 Å². The van der Waals surface area contributed by atoms with E-state index in [9.17, 15) is 4.79 Å². The minimum absolute atomic E-state index is 0.195. The molecule has 1 saturated heterocycles. The lowest BCUT2D eigenvalue weighted by atomic mass is 10.1. The molecule has 3 N–H and O–H groups in total. The van der Waals surface area contributed by atoms with E-state index in [1.54, 1.807) is 0 Å². The van der Waals surface area contributed by atoms with Crippen LogP contribution in [0.25, 0.3) is 0 Å². The number of likely N-dealkylation sites (tertiary alicyclic amines) is 1. The molecule has 108 valence electrons. The van der Waals surface area contributed by atoms with Gasteiger partial charge in [-0.3, -0.25) is 4.90 Å². The van der Waals surface area contributed by atoms with Crippen molar-refractivity contribution >= 4 is 11.8 Å². The van der Waals surface area contributed by atoms with Crippen LogP contribution in [-0.4, -0.2) is 37.2 Å². The van der Waals surface area contributed by atoms with Crippen molar-refractivity contribution in [2.24, 2.45) is 0 Å². The fraction of sp³-hybridized carbons (Fsp3) is 0.533. The third kappa shape index (κ3) is 2.45. The molecule has 1 aliphatic carbocycles. The minimum Gasteiger partial charge on any atom is -0.453 e. The van der Waals surface area contributed by atoms with E-state index < -0.39 is 0 Å². The topological polar surface area (TPSA) is 67.6 Å². The summed E-state index contributed by atoms with van der Waals surface area (Å²) in [6, 6.07) is 6.89. The number of benzene rings is 1. The van der Waals surface area contributed by atoms with Gasteiger partial charge in [0.15, 0.2) is 0 Å². The first-order chi connectivity index (χ1) is 9.67. The standard InChI is InChI=1S/C15H21N3O2/c1-20-15(19)17-12-6-7-18(9-12)14-5-2-10-8-11(16)3-4-13(10)14/h3-4,8,12,14H,2,5-7,9,16H2,1H3,(H,17,19). The van der Waals surface area contributed by atoms with Gasteiger partial charge in [-0.05, 0) is 42.5 Å². The Balaban J connectivity index is 1.67. The van der Waals surface area contributed by atoms with E-state index in [0.29, 0.717) is 6.04 Å². The van der Waals surface area contributed by atoms with Crippen molar-refractivity contribution in [3.8, 4) is 0 Å². The lowest BCUT2D eigenvalue weighted by molar-refractivity contribution is 0.165. The van der Waals surface area contributed by atoms with Crippen molar-refractivity contribution in [1.82, 2.24) is 10.2 Å². The fourth-order valence-corrected chi connectivity index (χ4v) is 3.41. The SMILES string of the molecule is COC(=O)NC1CCN(C2CCc3cc(N)ccc32)C1. The molecule has 20 heavy (non-hydrogen) atoms. The Morgan fingerprint density at radius 1 is 1.45 bits per heavy atom. The molecule has 0 spiro atoms. The van der Waals surface area contributed by atoms with Gasteiger partial charge in [-0.15, -0.1) is 0 Å². The van der Waals surface area contributed by atoms with Crippen LogP contribution in [-0.2, 0) is 11.2 Å². The maximum absolute atomic E-state index is 11.3. The molecule has 1 heterocycles. The number of fused-ring (bicyclic) bond motifs is 1. The molecule has 2 aliphatic rings. The molecule has 2 atom stereocenters. The normalized spacial score (nSPS) is 25.4. The second kappa shape index (κ2) is 5.32. The summed E-state index contributed by atoms with van der Waals surface area (Å²) < 4.78 is 4.66. The molecule has 5 nitrogen and oxygen atoms in total. The van der Waals surface area contributed by atoms with Gasteiger partial charge in [0.25, 0.3) is 0 Å². The molecule has 3 rings (SSSR count). The summed E-state index contributed by atoms with van der Waals surface area (Å²) in [4.78, 5) is 13.7. The van der Waals surface area contributed by atoms with Gasteiger partial charge in [0.2, 0.25) is 0 Å². The number of carbonyl (C=O) groups is 1. The van der Waals surface area contributed by atoms with E-state index in [1.165, 1.54) is 18.2 Å². The molecule has 0 aromatic heterocycles. The molecule has 1 aromatic rings. The Morgan fingerprint density at radius 3 is 3.10 bits per heavy atom. The third-order valence-electron chi connectivity index (χ3n) is 4.38. The Morgan fingerprint density at radius 2 is 2.30 bits per heavy atom. The molecular weight excluding hydrogens is 254 g/mol. The first kappa shape index (κ1) is 13.2. The number of anilines is 1. The summed E-state index contributed by atoms with van der Waals surface area (Å²) in [5.74, 6) is 0. The fourth-order valence-electron chi connectivity index (χ4n) is 3.41. The number of alkyl carbamates (subject to hydrolysis) is 1. The number of rotatable bonds is 2. The minimum atomic E-state index is -0.337. The predicted molar refractivity (Wildman–Crippen MR) is 77.4 cm³/mol. The number of amides is 1. The van der Waals surface area contributed by atoms with Crippen LogP contribution in [0.15, 0.2) is 18.2 Å². The first-order valence-electron chi connectivity index (χ1n) is 7.14. The second-order valence-corrected chi connectivity index (χ2v) is 5.63. The number of aryl methyl sites for hydroxylation is 1. The van der Waals surface area contributed by atoms with Gasteiger partial charge in [-0.2, -0.15) is 0 Å². The van der Waals surface area contributed by atoms with Gasteiger partial charge >= 0.3 is 6.09 Å². The number of nitrogen functional groups attached to an aromatic ring is 1. The van der Waals surface area contributed by atoms with Crippen LogP contribution in [0.4, 0.5) is 10.5 Å². The number of nitrogens with two attached hydrogens (primary N) is 1. The molecule has 1 aliphatic heterocycles. The van der Waals surface area contributed by atoms with Gasteiger partial charge in [-0.1, -0.05) is 6.07 Å². The number of nitrogens with one attached hydrogen (secondary N) is 1. The highest BCUT2D eigenvalue weighted by Gasteiger charge is 2.33. The van der Waals surface area contributed by atoms with Crippen LogP contribution in [0.1, 0.15) is 30.0 Å². The molecule has 1 amide bonds. The van der Waals surface area contributed by atoms with Gasteiger partial charge < -0.3 is 15.8 Å². The Kier molecular flexibility index (Phi) is 3.53. The van der Waals surface area contributed by atoms with Crippen LogP contribution < -0.4 is 11.1 Å². The van der Waals surface area contributed by atoms with Gasteiger partial charge in [0.05, 0.1) is 7.11 Å². The second-order valence-electron chi connectivity index (χ2n) is 5.63. The lowest BCUT2D eigenvalue weighted by Gasteiger charge is -2.25. The van der Waals surface area contributed by atoms with Crippen LogP contribution in [0.2, 0.25) is 0 Å². The molecular formula is C15H21N3O2. The number of hydrogen-bond donors (Lipinski definition) is 2. The van der Waals surface area contributed by atoms with Crippen LogP contribution in [0.3, 0.4) is 0 Å². The quantitative estimate of drug-likeness (QED) is 0.806. The highest BCUT2D eigenvalue weighted by atomic mass is 16.5. The van der Waals surface area contributed by atoms with Gasteiger partial charge in [-0.25, -0.2) is 4.79 Å². The number of ether oxygens (including phenoxy) is 1. The lowest BCUT2D eigenvalue weighted by Crippen LogP contribution is -2.37. The zero-order valence-corrected chi connectivity index (χ0v) is 11.8. The van der Waals surface area contributed by atoms with Crippen molar-refractivity contribution in [1.29, 1.82) is 0 Å². The zero-order valence-electron chi connectivity index (χ0n) is 11.8.